The SMILES string of the molecule is C[C@@H](NCCOc1ccc([N+](=O)[O-])cc1)c1ccncc1. The van der Waals surface area contributed by atoms with Gasteiger partial charge in [0.15, 0.2) is 0 Å². The third-order valence-electron chi connectivity index (χ3n) is 3.07. The maximum Gasteiger partial charge on any atom is 0.269 e. The van der Waals surface area contributed by atoms with Gasteiger partial charge in [0.2, 0.25) is 0 Å². The molecule has 2 aromatic rings. The fourth-order valence-electron chi connectivity index (χ4n) is 1.88. The number of ether oxygens (including phenoxy) is 1. The standard InChI is InChI=1S/C15H17N3O3/c1-12(13-6-8-16-9-7-13)17-10-11-21-15-4-2-14(3-5-15)18(19)20/h2-9,12,17H,10-11H2,1H3/t12-/m1/s1. The van der Waals surface area contributed by atoms with E-state index in [0.717, 1.165) is 0 Å². The number of benzene rings is 1. The predicted octanol–water partition coefficient (Wildman–Crippen LogP) is 2.72. The summed E-state index contributed by atoms with van der Waals surface area (Å²) in [6.45, 7) is 3.24. The quantitative estimate of drug-likeness (QED) is 0.481. The lowest BCUT2D eigenvalue weighted by atomic mass is 10.1. The lowest BCUT2D eigenvalue weighted by Crippen LogP contribution is -2.24. The van der Waals surface area contributed by atoms with Crippen LogP contribution >= 0.6 is 0 Å². The minimum absolute atomic E-state index is 0.0618. The van der Waals surface area contributed by atoms with Crippen molar-refractivity contribution in [2.75, 3.05) is 13.2 Å². The molecule has 1 aromatic heterocycles. The molecule has 1 N–H and O–H groups in total. The molecule has 21 heavy (non-hydrogen) atoms. The largest absolute Gasteiger partial charge is 0.492 e. The Morgan fingerprint density at radius 2 is 1.90 bits per heavy atom. The van der Waals surface area contributed by atoms with Crippen LogP contribution in [0.2, 0.25) is 0 Å². The van der Waals surface area contributed by atoms with Gasteiger partial charge in [-0.3, -0.25) is 15.1 Å². The molecule has 0 unspecified atom stereocenters. The van der Waals surface area contributed by atoms with Crippen LogP contribution in [-0.2, 0) is 0 Å². The topological polar surface area (TPSA) is 77.3 Å². The molecule has 6 nitrogen and oxygen atoms in total. The van der Waals surface area contributed by atoms with Gasteiger partial charge in [-0.2, -0.15) is 0 Å². The molecular weight excluding hydrogens is 270 g/mol. The molecule has 110 valence electrons. The second-order valence-electron chi connectivity index (χ2n) is 4.56. The molecule has 0 aliphatic heterocycles. The smallest absolute Gasteiger partial charge is 0.269 e. The molecule has 1 aromatic carbocycles. The summed E-state index contributed by atoms with van der Waals surface area (Å²) in [6.07, 6.45) is 3.53. The Morgan fingerprint density at radius 1 is 1.24 bits per heavy atom. The molecule has 1 atom stereocenters. The number of nitrogens with zero attached hydrogens (tertiary/aromatic N) is 2. The molecule has 0 saturated carbocycles. The summed E-state index contributed by atoms with van der Waals surface area (Å²) in [6, 6.07) is 10.2. The first kappa shape index (κ1) is 14.9. The van der Waals surface area contributed by atoms with Gasteiger partial charge < -0.3 is 10.1 Å². The Balaban J connectivity index is 1.73. The summed E-state index contributed by atoms with van der Waals surface area (Å²) in [7, 11) is 0. The fourth-order valence-corrected chi connectivity index (χ4v) is 1.88. The first-order valence-electron chi connectivity index (χ1n) is 6.67. The number of nitro groups is 1. The first-order chi connectivity index (χ1) is 10.2. The highest BCUT2D eigenvalue weighted by Gasteiger charge is 2.05. The van der Waals surface area contributed by atoms with Crippen molar-refractivity contribution in [3.63, 3.8) is 0 Å². The number of rotatable bonds is 7. The van der Waals surface area contributed by atoms with Gasteiger partial charge in [0.25, 0.3) is 5.69 Å². The van der Waals surface area contributed by atoms with Crippen molar-refractivity contribution >= 4 is 5.69 Å². The van der Waals surface area contributed by atoms with Crippen LogP contribution in [0.15, 0.2) is 48.8 Å². The highest BCUT2D eigenvalue weighted by Crippen LogP contribution is 2.17. The number of nitro benzene ring substituents is 1. The van der Waals surface area contributed by atoms with E-state index in [9.17, 15) is 10.1 Å². The van der Waals surface area contributed by atoms with Crippen LogP contribution in [0.1, 0.15) is 18.5 Å². The summed E-state index contributed by atoms with van der Waals surface area (Å²) in [5.41, 5.74) is 1.23. The molecule has 0 aliphatic carbocycles. The molecule has 0 radical (unpaired) electrons. The molecule has 0 spiro atoms. The van der Waals surface area contributed by atoms with E-state index >= 15 is 0 Å². The summed E-state index contributed by atoms with van der Waals surface area (Å²) in [5.74, 6) is 0.624. The second kappa shape index (κ2) is 7.35. The van der Waals surface area contributed by atoms with Crippen molar-refractivity contribution in [2.24, 2.45) is 0 Å². The van der Waals surface area contributed by atoms with Crippen LogP contribution in [0.3, 0.4) is 0 Å². The van der Waals surface area contributed by atoms with E-state index in [4.69, 9.17) is 4.74 Å². The number of pyridine rings is 1. The van der Waals surface area contributed by atoms with Crippen LogP contribution in [0.25, 0.3) is 0 Å². The average Bonchev–Trinajstić information content (AvgIpc) is 2.52. The average molecular weight is 287 g/mol. The Bertz CT molecular complexity index is 572. The van der Waals surface area contributed by atoms with Crippen molar-refractivity contribution in [3.8, 4) is 5.75 Å². The molecule has 0 fully saturated rings. The van der Waals surface area contributed by atoms with Crippen LogP contribution in [-0.4, -0.2) is 23.1 Å². The van der Waals surface area contributed by atoms with Crippen molar-refractivity contribution in [1.29, 1.82) is 0 Å². The first-order valence-corrected chi connectivity index (χ1v) is 6.67. The predicted molar refractivity (Wildman–Crippen MR) is 79.2 cm³/mol. The normalized spacial score (nSPS) is 11.9. The van der Waals surface area contributed by atoms with Gasteiger partial charge in [0.1, 0.15) is 12.4 Å². The summed E-state index contributed by atoms with van der Waals surface area (Å²) in [5, 5.41) is 13.9. The van der Waals surface area contributed by atoms with E-state index in [1.54, 1.807) is 24.5 Å². The molecule has 1 heterocycles. The maximum absolute atomic E-state index is 10.5. The van der Waals surface area contributed by atoms with Gasteiger partial charge >= 0.3 is 0 Å². The highest BCUT2D eigenvalue weighted by atomic mass is 16.6. The van der Waals surface area contributed by atoms with Crippen LogP contribution in [0.5, 0.6) is 5.75 Å². The zero-order valence-electron chi connectivity index (χ0n) is 11.7. The zero-order valence-corrected chi connectivity index (χ0v) is 11.7. The van der Waals surface area contributed by atoms with E-state index in [1.807, 2.05) is 12.1 Å². The van der Waals surface area contributed by atoms with Gasteiger partial charge in [0.05, 0.1) is 4.92 Å². The van der Waals surface area contributed by atoms with Gasteiger partial charge in [-0.15, -0.1) is 0 Å². The Labute approximate surface area is 122 Å². The maximum atomic E-state index is 10.5. The number of hydrogen-bond donors (Lipinski definition) is 1. The van der Waals surface area contributed by atoms with E-state index < -0.39 is 4.92 Å². The molecule has 0 amide bonds. The number of aromatic nitrogens is 1. The second-order valence-corrected chi connectivity index (χ2v) is 4.56. The molecular formula is C15H17N3O3. The summed E-state index contributed by atoms with van der Waals surface area (Å²) < 4.78 is 5.53. The van der Waals surface area contributed by atoms with Crippen LogP contribution < -0.4 is 10.1 Å². The van der Waals surface area contributed by atoms with Gasteiger partial charge in [-0.25, -0.2) is 0 Å². The summed E-state index contributed by atoms with van der Waals surface area (Å²) >= 11 is 0. The minimum Gasteiger partial charge on any atom is -0.492 e. The van der Waals surface area contributed by atoms with Gasteiger partial charge in [-0.05, 0) is 36.8 Å². The lowest BCUT2D eigenvalue weighted by Gasteiger charge is -2.14. The molecule has 0 saturated heterocycles. The number of hydrogen-bond acceptors (Lipinski definition) is 5. The van der Waals surface area contributed by atoms with Gasteiger partial charge in [-0.1, -0.05) is 0 Å². The van der Waals surface area contributed by atoms with Crippen LogP contribution in [0.4, 0.5) is 5.69 Å². The number of nitrogens with one attached hydrogen (secondary N) is 1. The molecule has 6 heteroatoms. The van der Waals surface area contributed by atoms with Crippen molar-refractivity contribution < 1.29 is 9.66 Å². The Morgan fingerprint density at radius 3 is 2.52 bits per heavy atom. The van der Waals surface area contributed by atoms with Crippen molar-refractivity contribution in [1.82, 2.24) is 10.3 Å². The van der Waals surface area contributed by atoms with E-state index in [-0.39, 0.29) is 11.7 Å². The molecule has 0 aliphatic rings. The summed E-state index contributed by atoms with van der Waals surface area (Å²) in [4.78, 5) is 14.1. The monoisotopic (exact) mass is 287 g/mol. The Kier molecular flexibility index (Phi) is 5.22. The zero-order chi connectivity index (χ0) is 15.1. The van der Waals surface area contributed by atoms with E-state index in [2.05, 4.69) is 17.2 Å². The number of non-ortho nitro benzene ring substituents is 1. The highest BCUT2D eigenvalue weighted by molar-refractivity contribution is 5.35. The van der Waals surface area contributed by atoms with E-state index in [1.165, 1.54) is 17.7 Å². The molecule has 0 bridgehead atoms. The van der Waals surface area contributed by atoms with Crippen molar-refractivity contribution in [3.05, 3.63) is 64.5 Å². The van der Waals surface area contributed by atoms with Gasteiger partial charge in [0, 0.05) is 37.1 Å². The Hall–Kier alpha value is -2.47. The van der Waals surface area contributed by atoms with Crippen LogP contribution in [0, 0.1) is 10.1 Å². The van der Waals surface area contributed by atoms with E-state index in [0.29, 0.717) is 18.9 Å². The molecule has 2 rings (SSSR count). The third-order valence-corrected chi connectivity index (χ3v) is 3.07. The minimum atomic E-state index is -0.429. The lowest BCUT2D eigenvalue weighted by molar-refractivity contribution is -0.384. The van der Waals surface area contributed by atoms with Crippen molar-refractivity contribution in [2.45, 2.75) is 13.0 Å². The fraction of sp³-hybridized carbons (Fsp3) is 0.267. The third kappa shape index (κ3) is 4.54.